The highest BCUT2D eigenvalue weighted by molar-refractivity contribution is 7.15. The predicted octanol–water partition coefficient (Wildman–Crippen LogP) is 1.67. The summed E-state index contributed by atoms with van der Waals surface area (Å²) in [5.74, 6) is 0.724. The molecule has 18 heavy (non-hydrogen) atoms. The fourth-order valence-corrected chi connectivity index (χ4v) is 3.00. The second kappa shape index (κ2) is 5.26. The van der Waals surface area contributed by atoms with Crippen molar-refractivity contribution in [2.75, 3.05) is 20.3 Å². The fourth-order valence-electron chi connectivity index (χ4n) is 2.28. The minimum atomic E-state index is 0.535. The van der Waals surface area contributed by atoms with Gasteiger partial charge >= 0.3 is 0 Å². The van der Waals surface area contributed by atoms with Gasteiger partial charge in [0.2, 0.25) is 5.88 Å². The second-order valence-electron chi connectivity index (χ2n) is 4.39. The van der Waals surface area contributed by atoms with Crippen molar-refractivity contribution < 1.29 is 9.47 Å². The summed E-state index contributed by atoms with van der Waals surface area (Å²) in [7, 11) is 1.67. The second-order valence-corrected chi connectivity index (χ2v) is 5.26. The van der Waals surface area contributed by atoms with Crippen LogP contribution < -0.4 is 10.1 Å². The number of hydrogen-bond acceptors (Lipinski definition) is 5. The monoisotopic (exact) mass is 267 g/mol. The summed E-state index contributed by atoms with van der Waals surface area (Å²) in [6, 6.07) is 0.535. The van der Waals surface area contributed by atoms with Crippen molar-refractivity contribution in [2.24, 2.45) is 0 Å². The summed E-state index contributed by atoms with van der Waals surface area (Å²) < 4.78 is 12.8. The highest BCUT2D eigenvalue weighted by Crippen LogP contribution is 2.23. The Morgan fingerprint density at radius 2 is 2.39 bits per heavy atom. The van der Waals surface area contributed by atoms with E-state index in [9.17, 15) is 0 Å². The lowest BCUT2D eigenvalue weighted by atomic mass is 10.1. The molecule has 1 saturated heterocycles. The van der Waals surface area contributed by atoms with Gasteiger partial charge in [0.1, 0.15) is 5.69 Å². The van der Waals surface area contributed by atoms with Gasteiger partial charge in [0.05, 0.1) is 7.11 Å². The minimum absolute atomic E-state index is 0.535. The van der Waals surface area contributed by atoms with Gasteiger partial charge in [-0.05, 0) is 12.8 Å². The van der Waals surface area contributed by atoms with Gasteiger partial charge in [-0.3, -0.25) is 4.40 Å². The van der Waals surface area contributed by atoms with Crippen LogP contribution in [0.4, 0.5) is 0 Å². The Morgan fingerprint density at radius 1 is 1.56 bits per heavy atom. The van der Waals surface area contributed by atoms with E-state index in [0.717, 1.165) is 49.1 Å². The molecule has 0 saturated carbocycles. The third-order valence-electron chi connectivity index (χ3n) is 3.30. The van der Waals surface area contributed by atoms with E-state index >= 15 is 0 Å². The smallest absolute Gasteiger partial charge is 0.237 e. The van der Waals surface area contributed by atoms with E-state index in [2.05, 4.69) is 14.7 Å². The summed E-state index contributed by atoms with van der Waals surface area (Å²) in [6.07, 6.45) is 4.19. The molecule has 5 nitrogen and oxygen atoms in total. The number of thiazole rings is 1. The average Bonchev–Trinajstić information content (AvgIpc) is 2.98. The summed E-state index contributed by atoms with van der Waals surface area (Å²) in [5.41, 5.74) is 1.10. The van der Waals surface area contributed by atoms with Crippen LogP contribution in [-0.2, 0) is 11.3 Å². The van der Waals surface area contributed by atoms with Gasteiger partial charge in [-0.25, -0.2) is 0 Å². The summed E-state index contributed by atoms with van der Waals surface area (Å²) in [6.45, 7) is 2.50. The first-order chi connectivity index (χ1) is 8.88. The average molecular weight is 267 g/mol. The number of nitrogens with zero attached hydrogens (tertiary/aromatic N) is 2. The van der Waals surface area contributed by atoms with E-state index in [-0.39, 0.29) is 0 Å². The number of ether oxygens (including phenoxy) is 2. The maximum Gasteiger partial charge on any atom is 0.237 e. The summed E-state index contributed by atoms with van der Waals surface area (Å²) >= 11 is 1.62. The van der Waals surface area contributed by atoms with Crippen LogP contribution in [0.3, 0.4) is 0 Å². The van der Waals surface area contributed by atoms with E-state index in [4.69, 9.17) is 9.47 Å². The Kier molecular flexibility index (Phi) is 3.49. The third kappa shape index (κ3) is 2.23. The maximum atomic E-state index is 5.36. The van der Waals surface area contributed by atoms with Gasteiger partial charge in [-0.1, -0.05) is 0 Å². The number of hydrogen-bond donors (Lipinski definition) is 1. The molecular weight excluding hydrogens is 250 g/mol. The lowest BCUT2D eigenvalue weighted by Crippen LogP contribution is -2.34. The SMILES string of the molecule is COc1nc2sccn2c1CNC1CCOCC1. The molecule has 1 N–H and O–H groups in total. The molecule has 1 aliphatic heterocycles. The minimum Gasteiger partial charge on any atom is -0.480 e. The molecule has 2 aromatic heterocycles. The fraction of sp³-hybridized carbons (Fsp3) is 0.583. The maximum absolute atomic E-state index is 5.36. The van der Waals surface area contributed by atoms with Crippen LogP contribution in [0.25, 0.3) is 4.96 Å². The van der Waals surface area contributed by atoms with Crippen LogP contribution in [0.2, 0.25) is 0 Å². The van der Waals surface area contributed by atoms with Crippen LogP contribution in [0.15, 0.2) is 11.6 Å². The van der Waals surface area contributed by atoms with Gasteiger partial charge < -0.3 is 14.8 Å². The van der Waals surface area contributed by atoms with Crippen molar-refractivity contribution in [3.8, 4) is 5.88 Å². The molecule has 98 valence electrons. The molecule has 3 rings (SSSR count). The van der Waals surface area contributed by atoms with Gasteiger partial charge in [0.25, 0.3) is 0 Å². The van der Waals surface area contributed by atoms with Gasteiger partial charge in [0.15, 0.2) is 4.96 Å². The van der Waals surface area contributed by atoms with Crippen LogP contribution in [0.1, 0.15) is 18.5 Å². The molecular formula is C12H17N3O2S. The van der Waals surface area contributed by atoms with Crippen LogP contribution in [0.5, 0.6) is 5.88 Å². The first-order valence-corrected chi connectivity index (χ1v) is 7.06. The largest absolute Gasteiger partial charge is 0.480 e. The standard InChI is InChI=1S/C12H17N3O2S/c1-16-11-10(15-4-7-18-12(15)14-11)8-13-9-2-5-17-6-3-9/h4,7,9,13H,2-3,5-6,8H2,1H3. The molecule has 0 radical (unpaired) electrons. The lowest BCUT2D eigenvalue weighted by molar-refractivity contribution is 0.0774. The molecule has 6 heteroatoms. The predicted molar refractivity (Wildman–Crippen MR) is 70.3 cm³/mol. The summed E-state index contributed by atoms with van der Waals surface area (Å²) in [4.78, 5) is 5.43. The highest BCUT2D eigenvalue weighted by atomic mass is 32.1. The number of aromatic nitrogens is 2. The highest BCUT2D eigenvalue weighted by Gasteiger charge is 2.17. The van der Waals surface area contributed by atoms with E-state index in [0.29, 0.717) is 6.04 Å². The first kappa shape index (κ1) is 12.0. The topological polar surface area (TPSA) is 47.8 Å². The van der Waals surface area contributed by atoms with E-state index in [1.807, 2.05) is 11.6 Å². The molecule has 1 aliphatic rings. The van der Waals surface area contributed by atoms with E-state index < -0.39 is 0 Å². The molecule has 3 heterocycles. The third-order valence-corrected chi connectivity index (χ3v) is 4.05. The van der Waals surface area contributed by atoms with Crippen molar-refractivity contribution >= 4 is 16.3 Å². The Labute approximate surface area is 110 Å². The zero-order valence-corrected chi connectivity index (χ0v) is 11.2. The van der Waals surface area contributed by atoms with Crippen molar-refractivity contribution in [3.05, 3.63) is 17.3 Å². The Hall–Kier alpha value is -1.11. The molecule has 0 aliphatic carbocycles. The van der Waals surface area contributed by atoms with Crippen molar-refractivity contribution in [1.82, 2.24) is 14.7 Å². The Morgan fingerprint density at radius 3 is 3.17 bits per heavy atom. The lowest BCUT2D eigenvalue weighted by Gasteiger charge is -2.23. The Balaban J connectivity index is 1.74. The number of rotatable bonds is 4. The van der Waals surface area contributed by atoms with Gasteiger partial charge in [0, 0.05) is 37.4 Å². The van der Waals surface area contributed by atoms with E-state index in [1.165, 1.54) is 0 Å². The molecule has 1 fully saturated rings. The Bertz CT molecular complexity index is 516. The molecule has 0 unspecified atom stereocenters. The zero-order valence-electron chi connectivity index (χ0n) is 10.4. The van der Waals surface area contributed by atoms with Crippen molar-refractivity contribution in [3.63, 3.8) is 0 Å². The first-order valence-electron chi connectivity index (χ1n) is 6.18. The molecule has 0 amide bonds. The number of imidazole rings is 1. The molecule has 0 atom stereocenters. The molecule has 0 bridgehead atoms. The normalized spacial score (nSPS) is 17.4. The number of fused-ring (bicyclic) bond motifs is 1. The van der Waals surface area contributed by atoms with Crippen LogP contribution in [-0.4, -0.2) is 35.8 Å². The van der Waals surface area contributed by atoms with Gasteiger partial charge in [-0.15, -0.1) is 11.3 Å². The molecule has 2 aromatic rings. The van der Waals surface area contributed by atoms with Gasteiger partial charge in [-0.2, -0.15) is 4.98 Å². The van der Waals surface area contributed by atoms with Crippen LogP contribution in [0, 0.1) is 0 Å². The van der Waals surface area contributed by atoms with E-state index in [1.54, 1.807) is 18.4 Å². The van der Waals surface area contributed by atoms with Crippen LogP contribution >= 0.6 is 11.3 Å². The van der Waals surface area contributed by atoms with Crippen molar-refractivity contribution in [1.29, 1.82) is 0 Å². The summed E-state index contributed by atoms with van der Waals surface area (Å²) in [5, 5.41) is 5.61. The molecule has 0 spiro atoms. The number of nitrogens with one attached hydrogen (secondary N) is 1. The molecule has 0 aromatic carbocycles. The zero-order chi connectivity index (χ0) is 12.4. The number of methoxy groups -OCH3 is 1. The quantitative estimate of drug-likeness (QED) is 0.915. The van der Waals surface area contributed by atoms with Crippen molar-refractivity contribution in [2.45, 2.75) is 25.4 Å².